The summed E-state index contributed by atoms with van der Waals surface area (Å²) in [7, 11) is 0. The molecule has 0 aliphatic rings. The van der Waals surface area contributed by atoms with Crippen molar-refractivity contribution < 1.29 is 13.6 Å². The predicted octanol–water partition coefficient (Wildman–Crippen LogP) is 5.99. The van der Waals surface area contributed by atoms with E-state index in [9.17, 15) is 13.6 Å². The lowest BCUT2D eigenvalue weighted by Crippen LogP contribution is -2.32. The molecule has 6 nitrogen and oxygen atoms in total. The van der Waals surface area contributed by atoms with E-state index in [-0.39, 0.29) is 19.0 Å². The van der Waals surface area contributed by atoms with Crippen molar-refractivity contribution in [1.29, 1.82) is 0 Å². The first-order valence-corrected chi connectivity index (χ1v) is 12.4. The maximum atomic E-state index is 14.2. The van der Waals surface area contributed by atoms with Crippen molar-refractivity contribution in [1.82, 2.24) is 24.8 Å². The van der Waals surface area contributed by atoms with Crippen molar-refractivity contribution in [2.75, 3.05) is 6.54 Å². The predicted molar refractivity (Wildman–Crippen MR) is 143 cm³/mol. The lowest BCUT2D eigenvalue weighted by molar-refractivity contribution is -0.121. The number of hydrogen-bond acceptors (Lipinski definition) is 4. The fourth-order valence-electron chi connectivity index (χ4n) is 4.48. The van der Waals surface area contributed by atoms with Crippen molar-refractivity contribution in [3.05, 3.63) is 112 Å². The van der Waals surface area contributed by atoms with Crippen molar-refractivity contribution >= 4 is 28.5 Å². The number of halogens is 3. The van der Waals surface area contributed by atoms with Crippen LogP contribution in [-0.4, -0.2) is 32.0 Å². The lowest BCUT2D eigenvalue weighted by Gasteiger charge is -2.21. The zero-order chi connectivity index (χ0) is 26.8. The van der Waals surface area contributed by atoms with Gasteiger partial charge in [0, 0.05) is 35.3 Å². The number of amides is 1. The summed E-state index contributed by atoms with van der Waals surface area (Å²) in [4.78, 5) is 26.1. The highest BCUT2D eigenvalue weighted by Gasteiger charge is 2.23. The van der Waals surface area contributed by atoms with Gasteiger partial charge in [-0.1, -0.05) is 23.7 Å². The smallest absolute Gasteiger partial charge is 0.240 e. The van der Waals surface area contributed by atoms with Gasteiger partial charge in [-0.25, -0.2) is 23.7 Å². The number of aryl methyl sites for hydroxylation is 2. The quantitative estimate of drug-likeness (QED) is 0.280. The maximum Gasteiger partial charge on any atom is 0.240 e. The number of hydrogen-bond donors (Lipinski definition) is 1. The monoisotopic (exact) mass is 531 g/mol. The van der Waals surface area contributed by atoms with E-state index in [0.29, 0.717) is 21.8 Å². The molecule has 0 aliphatic heterocycles. The minimum Gasteiger partial charge on any atom is -0.354 e. The topological polar surface area (TPSA) is 72.7 Å². The number of aromatic nitrogens is 4. The molecule has 2 aromatic heterocycles. The zero-order valence-electron chi connectivity index (χ0n) is 20.8. The SMILES string of the molecule is Cc1cc2ncn(CC(=O)NCC(c3cc(F)cc(F)c3)c3ncncc3-c3ccc(Cl)cc3)c2cc1C. The first-order valence-electron chi connectivity index (χ1n) is 12.0. The van der Waals surface area contributed by atoms with E-state index in [1.54, 1.807) is 29.2 Å². The average molecular weight is 532 g/mol. The Balaban J connectivity index is 1.46. The molecule has 0 spiro atoms. The molecule has 1 amide bonds. The third-order valence-corrected chi connectivity index (χ3v) is 6.82. The number of rotatable bonds is 7. The summed E-state index contributed by atoms with van der Waals surface area (Å²) in [6, 6.07) is 14.4. The molecule has 1 unspecified atom stereocenters. The molecule has 0 bridgehead atoms. The van der Waals surface area contributed by atoms with Crippen molar-refractivity contribution in [3.63, 3.8) is 0 Å². The van der Waals surface area contributed by atoms with Gasteiger partial charge in [0.2, 0.25) is 5.91 Å². The largest absolute Gasteiger partial charge is 0.354 e. The molecule has 5 rings (SSSR count). The summed E-state index contributed by atoms with van der Waals surface area (Å²) >= 11 is 6.06. The highest BCUT2D eigenvalue weighted by molar-refractivity contribution is 6.30. The molecule has 192 valence electrons. The third kappa shape index (κ3) is 5.40. The number of fused-ring (bicyclic) bond motifs is 1. The Morgan fingerprint density at radius 1 is 1.00 bits per heavy atom. The van der Waals surface area contributed by atoms with Crippen molar-refractivity contribution in [3.8, 4) is 11.1 Å². The number of carbonyl (C=O) groups excluding carboxylic acids is 1. The highest BCUT2D eigenvalue weighted by atomic mass is 35.5. The lowest BCUT2D eigenvalue weighted by atomic mass is 9.90. The summed E-state index contributed by atoms with van der Waals surface area (Å²) in [6.45, 7) is 4.12. The Kier molecular flexibility index (Phi) is 7.15. The van der Waals surface area contributed by atoms with Gasteiger partial charge >= 0.3 is 0 Å². The van der Waals surface area contributed by atoms with Crippen molar-refractivity contribution in [2.24, 2.45) is 0 Å². The normalized spacial score (nSPS) is 12.0. The number of benzene rings is 3. The maximum absolute atomic E-state index is 14.2. The van der Waals surface area contributed by atoms with Gasteiger partial charge < -0.3 is 9.88 Å². The van der Waals surface area contributed by atoms with Crippen LogP contribution in [0, 0.1) is 25.5 Å². The molecular weight excluding hydrogens is 508 g/mol. The molecular formula is C29H24ClF2N5O. The van der Waals surface area contributed by atoms with Crippen LogP contribution >= 0.6 is 11.6 Å². The summed E-state index contributed by atoms with van der Waals surface area (Å²) in [5.74, 6) is -2.35. The standard InChI is InChI=1S/C29H24ClF2N5O/c1-17-7-26-27(8-18(17)2)37(16-36-26)14-28(38)34-13-25(20-9-22(31)11-23(32)10-20)29-24(12-33-15-35-29)19-3-5-21(30)6-4-19/h3-12,15-16,25H,13-14H2,1-2H3,(H,34,38). The Morgan fingerprint density at radius 2 is 1.71 bits per heavy atom. The highest BCUT2D eigenvalue weighted by Crippen LogP contribution is 2.32. The fraction of sp³-hybridized carbons (Fsp3) is 0.172. The van der Waals surface area contributed by atoms with Gasteiger partial charge in [0.1, 0.15) is 24.5 Å². The van der Waals surface area contributed by atoms with Gasteiger partial charge in [0.05, 0.1) is 23.1 Å². The zero-order valence-corrected chi connectivity index (χ0v) is 21.5. The summed E-state index contributed by atoms with van der Waals surface area (Å²) in [5, 5.41) is 3.49. The van der Waals surface area contributed by atoms with E-state index in [0.717, 1.165) is 33.8 Å². The van der Waals surface area contributed by atoms with Gasteiger partial charge in [-0.3, -0.25) is 4.79 Å². The van der Waals surface area contributed by atoms with Crippen LogP contribution in [-0.2, 0) is 11.3 Å². The van der Waals surface area contributed by atoms with Crippen LogP contribution in [0.2, 0.25) is 5.02 Å². The van der Waals surface area contributed by atoms with Crippen LogP contribution in [0.4, 0.5) is 8.78 Å². The molecule has 0 aliphatic carbocycles. The van der Waals surface area contributed by atoms with Gasteiger partial charge in [-0.05, 0) is 72.5 Å². The second-order valence-electron chi connectivity index (χ2n) is 9.19. The molecule has 3 aromatic carbocycles. The molecule has 1 atom stereocenters. The molecule has 0 fully saturated rings. The fourth-order valence-corrected chi connectivity index (χ4v) is 4.61. The second-order valence-corrected chi connectivity index (χ2v) is 9.62. The summed E-state index contributed by atoms with van der Waals surface area (Å²) in [5.41, 5.74) is 6.21. The van der Waals surface area contributed by atoms with Crippen LogP contribution in [0.5, 0.6) is 0 Å². The molecule has 0 saturated carbocycles. The van der Waals surface area contributed by atoms with Crippen LogP contribution in [0.3, 0.4) is 0 Å². The average Bonchev–Trinajstić information content (AvgIpc) is 3.25. The van der Waals surface area contributed by atoms with E-state index in [4.69, 9.17) is 11.6 Å². The van der Waals surface area contributed by atoms with E-state index >= 15 is 0 Å². The molecule has 5 aromatic rings. The number of nitrogens with one attached hydrogen (secondary N) is 1. The number of imidazole rings is 1. The number of carbonyl (C=O) groups is 1. The summed E-state index contributed by atoms with van der Waals surface area (Å²) in [6.07, 6.45) is 4.64. The minimum atomic E-state index is -0.714. The van der Waals surface area contributed by atoms with Gasteiger partial charge in [-0.2, -0.15) is 0 Å². The Hall–Kier alpha value is -4.17. The Morgan fingerprint density at radius 3 is 2.45 bits per heavy atom. The van der Waals surface area contributed by atoms with Crippen molar-refractivity contribution in [2.45, 2.75) is 26.3 Å². The molecule has 2 heterocycles. The number of nitrogens with zero attached hydrogens (tertiary/aromatic N) is 4. The van der Waals surface area contributed by atoms with Crippen LogP contribution in [0.1, 0.15) is 28.3 Å². The molecule has 1 N–H and O–H groups in total. The van der Waals surface area contributed by atoms with E-state index in [1.165, 1.54) is 18.5 Å². The van der Waals surface area contributed by atoms with Crippen LogP contribution < -0.4 is 5.32 Å². The second kappa shape index (κ2) is 10.7. The molecule has 0 radical (unpaired) electrons. The van der Waals surface area contributed by atoms with Gasteiger partial charge in [0.15, 0.2) is 0 Å². The van der Waals surface area contributed by atoms with Gasteiger partial charge in [-0.15, -0.1) is 0 Å². The minimum absolute atomic E-state index is 0.0387. The Bertz CT molecular complexity index is 1610. The first-order chi connectivity index (χ1) is 18.3. The van der Waals surface area contributed by atoms with E-state index in [1.807, 2.05) is 38.1 Å². The Labute approximate surface area is 223 Å². The van der Waals surface area contributed by atoms with E-state index < -0.39 is 17.6 Å². The first kappa shape index (κ1) is 25.5. The van der Waals surface area contributed by atoms with Gasteiger partial charge in [0.25, 0.3) is 0 Å². The summed E-state index contributed by atoms with van der Waals surface area (Å²) < 4.78 is 30.3. The third-order valence-electron chi connectivity index (χ3n) is 6.57. The van der Waals surface area contributed by atoms with Crippen LogP contribution in [0.25, 0.3) is 22.2 Å². The van der Waals surface area contributed by atoms with E-state index in [2.05, 4.69) is 20.3 Å². The van der Waals surface area contributed by atoms with Crippen LogP contribution in [0.15, 0.2) is 73.4 Å². The molecule has 9 heteroatoms. The molecule has 38 heavy (non-hydrogen) atoms. The molecule has 0 saturated heterocycles.